The van der Waals surface area contributed by atoms with E-state index in [4.69, 9.17) is 0 Å². The molecule has 4 amide bonds. The molecule has 21 heavy (non-hydrogen) atoms. The summed E-state index contributed by atoms with van der Waals surface area (Å²) in [6, 6.07) is 4.74. The number of nitrogens with one attached hydrogen (secondary N) is 2. The van der Waals surface area contributed by atoms with E-state index in [0.717, 1.165) is 5.69 Å². The molecule has 1 aromatic rings. The first-order valence-corrected chi connectivity index (χ1v) is 6.76. The normalized spacial score (nSPS) is 16.0. The summed E-state index contributed by atoms with van der Waals surface area (Å²) in [6.45, 7) is 3.73. The number of urea groups is 1. The van der Waals surface area contributed by atoms with Crippen molar-refractivity contribution in [3.8, 4) is 0 Å². The summed E-state index contributed by atoms with van der Waals surface area (Å²) in [5, 5.41) is 5.00. The Labute approximate surface area is 122 Å². The topological polar surface area (TPSA) is 91.4 Å². The van der Waals surface area contributed by atoms with Crippen LogP contribution >= 0.6 is 0 Å². The van der Waals surface area contributed by atoms with Crippen molar-refractivity contribution in [2.45, 2.75) is 19.9 Å². The number of pyridine rings is 1. The van der Waals surface area contributed by atoms with E-state index in [1.165, 1.54) is 4.90 Å². The molecule has 1 fully saturated rings. The number of nitrogens with zero attached hydrogens (tertiary/aromatic N) is 2. The van der Waals surface area contributed by atoms with Crippen molar-refractivity contribution in [1.29, 1.82) is 0 Å². The van der Waals surface area contributed by atoms with Gasteiger partial charge in [-0.05, 0) is 18.1 Å². The second-order valence-electron chi connectivity index (χ2n) is 5.25. The number of carbonyl (C=O) groups is 3. The second kappa shape index (κ2) is 6.34. The van der Waals surface area contributed by atoms with Gasteiger partial charge >= 0.3 is 6.03 Å². The van der Waals surface area contributed by atoms with E-state index in [-0.39, 0.29) is 31.0 Å². The standard InChI is InChI=1S/C14H18N4O3/c1-9(2)13(10-5-3-4-6-15-10)16-11(19)7-18-8-12(20)17-14(18)21/h3-6,9,13H,7-8H2,1-2H3,(H,16,19)(H,17,20,21)/t13-/m0/s1. The minimum Gasteiger partial charge on any atom is -0.346 e. The molecule has 0 bridgehead atoms. The molecule has 2 heterocycles. The summed E-state index contributed by atoms with van der Waals surface area (Å²) >= 11 is 0. The van der Waals surface area contributed by atoms with Gasteiger partial charge in [0.1, 0.15) is 13.1 Å². The third-order valence-electron chi connectivity index (χ3n) is 3.19. The van der Waals surface area contributed by atoms with Gasteiger partial charge in [-0.1, -0.05) is 19.9 Å². The Morgan fingerprint density at radius 1 is 1.43 bits per heavy atom. The quantitative estimate of drug-likeness (QED) is 0.770. The molecule has 0 saturated carbocycles. The van der Waals surface area contributed by atoms with Crippen molar-refractivity contribution in [1.82, 2.24) is 20.5 Å². The van der Waals surface area contributed by atoms with Gasteiger partial charge in [-0.3, -0.25) is 19.9 Å². The Balaban J connectivity index is 1.99. The fourth-order valence-corrected chi connectivity index (χ4v) is 2.15. The monoisotopic (exact) mass is 290 g/mol. The zero-order valence-electron chi connectivity index (χ0n) is 12.0. The maximum Gasteiger partial charge on any atom is 0.325 e. The van der Waals surface area contributed by atoms with E-state index in [1.54, 1.807) is 6.20 Å². The van der Waals surface area contributed by atoms with Crippen LogP contribution in [0.2, 0.25) is 0 Å². The molecule has 0 aromatic carbocycles. The van der Waals surface area contributed by atoms with Crippen LogP contribution in [0, 0.1) is 5.92 Å². The van der Waals surface area contributed by atoms with Crippen molar-refractivity contribution in [2.24, 2.45) is 5.92 Å². The zero-order valence-corrected chi connectivity index (χ0v) is 12.0. The Morgan fingerprint density at radius 3 is 2.71 bits per heavy atom. The molecule has 1 aromatic heterocycles. The van der Waals surface area contributed by atoms with Gasteiger partial charge in [0.2, 0.25) is 11.8 Å². The predicted octanol–water partition coefficient (Wildman–Crippen LogP) is 0.447. The number of hydrogen-bond donors (Lipinski definition) is 2. The van der Waals surface area contributed by atoms with Crippen LogP contribution in [0.3, 0.4) is 0 Å². The van der Waals surface area contributed by atoms with E-state index in [2.05, 4.69) is 15.6 Å². The molecule has 1 aliphatic heterocycles. The number of rotatable bonds is 5. The maximum atomic E-state index is 12.1. The minimum atomic E-state index is -0.533. The highest BCUT2D eigenvalue weighted by molar-refractivity contribution is 6.03. The number of amides is 4. The molecule has 0 aliphatic carbocycles. The molecule has 7 heteroatoms. The predicted molar refractivity (Wildman–Crippen MR) is 75.1 cm³/mol. The van der Waals surface area contributed by atoms with Gasteiger partial charge in [0.25, 0.3) is 0 Å². The summed E-state index contributed by atoms with van der Waals surface area (Å²) in [6.07, 6.45) is 1.67. The first-order chi connectivity index (χ1) is 9.97. The zero-order chi connectivity index (χ0) is 15.4. The number of imide groups is 1. The fraction of sp³-hybridized carbons (Fsp3) is 0.429. The second-order valence-corrected chi connectivity index (χ2v) is 5.25. The van der Waals surface area contributed by atoms with Crippen LogP contribution in [0.5, 0.6) is 0 Å². The SMILES string of the molecule is CC(C)[C@H](NC(=O)CN1CC(=O)NC1=O)c1ccccn1. The van der Waals surface area contributed by atoms with Gasteiger partial charge in [0.15, 0.2) is 0 Å². The van der Waals surface area contributed by atoms with Gasteiger partial charge in [0, 0.05) is 6.20 Å². The maximum absolute atomic E-state index is 12.1. The van der Waals surface area contributed by atoms with Gasteiger partial charge in [-0.15, -0.1) is 0 Å². The molecule has 2 N–H and O–H groups in total. The lowest BCUT2D eigenvalue weighted by atomic mass is 10.0. The van der Waals surface area contributed by atoms with Crippen LogP contribution in [0.1, 0.15) is 25.6 Å². The van der Waals surface area contributed by atoms with Gasteiger partial charge in [-0.2, -0.15) is 0 Å². The van der Waals surface area contributed by atoms with E-state index >= 15 is 0 Å². The summed E-state index contributed by atoms with van der Waals surface area (Å²) in [7, 11) is 0. The third-order valence-corrected chi connectivity index (χ3v) is 3.19. The number of hydrogen-bond acceptors (Lipinski definition) is 4. The Bertz CT molecular complexity index is 544. The minimum absolute atomic E-state index is 0.0812. The average Bonchev–Trinajstić information content (AvgIpc) is 2.75. The lowest BCUT2D eigenvalue weighted by Crippen LogP contribution is -2.41. The van der Waals surface area contributed by atoms with Crippen LogP contribution in [0.15, 0.2) is 24.4 Å². The van der Waals surface area contributed by atoms with E-state index in [1.807, 2.05) is 32.0 Å². The van der Waals surface area contributed by atoms with Gasteiger partial charge in [0.05, 0.1) is 11.7 Å². The molecule has 0 radical (unpaired) electrons. The van der Waals surface area contributed by atoms with Crippen LogP contribution in [-0.2, 0) is 9.59 Å². The van der Waals surface area contributed by atoms with Gasteiger partial charge in [-0.25, -0.2) is 4.79 Å². The Kier molecular flexibility index (Phi) is 4.52. The number of aromatic nitrogens is 1. The molecular formula is C14H18N4O3. The molecular weight excluding hydrogens is 272 g/mol. The highest BCUT2D eigenvalue weighted by Crippen LogP contribution is 2.19. The number of carbonyl (C=O) groups excluding carboxylic acids is 3. The highest BCUT2D eigenvalue weighted by Gasteiger charge is 2.29. The molecule has 1 saturated heterocycles. The molecule has 0 unspecified atom stereocenters. The molecule has 7 nitrogen and oxygen atoms in total. The molecule has 2 rings (SSSR count). The third kappa shape index (κ3) is 3.77. The average molecular weight is 290 g/mol. The van der Waals surface area contributed by atoms with Crippen LogP contribution in [-0.4, -0.2) is 40.8 Å². The van der Waals surface area contributed by atoms with Gasteiger partial charge < -0.3 is 10.2 Å². The molecule has 0 spiro atoms. The van der Waals surface area contributed by atoms with Crippen LogP contribution < -0.4 is 10.6 Å². The molecule has 1 aliphatic rings. The molecule has 112 valence electrons. The van der Waals surface area contributed by atoms with E-state index in [0.29, 0.717) is 0 Å². The van der Waals surface area contributed by atoms with Crippen molar-refractivity contribution < 1.29 is 14.4 Å². The Morgan fingerprint density at radius 2 is 2.19 bits per heavy atom. The van der Waals surface area contributed by atoms with E-state index < -0.39 is 11.9 Å². The lowest BCUT2D eigenvalue weighted by Gasteiger charge is -2.23. The summed E-state index contributed by atoms with van der Waals surface area (Å²) < 4.78 is 0. The smallest absolute Gasteiger partial charge is 0.325 e. The largest absolute Gasteiger partial charge is 0.346 e. The first kappa shape index (κ1) is 15.0. The Hall–Kier alpha value is -2.44. The molecule has 1 atom stereocenters. The lowest BCUT2D eigenvalue weighted by molar-refractivity contribution is -0.123. The van der Waals surface area contributed by atoms with Crippen molar-refractivity contribution in [3.05, 3.63) is 30.1 Å². The van der Waals surface area contributed by atoms with Crippen molar-refractivity contribution in [2.75, 3.05) is 13.1 Å². The van der Waals surface area contributed by atoms with Crippen molar-refractivity contribution in [3.63, 3.8) is 0 Å². The van der Waals surface area contributed by atoms with Crippen LogP contribution in [0.4, 0.5) is 4.79 Å². The fourth-order valence-electron chi connectivity index (χ4n) is 2.15. The first-order valence-electron chi connectivity index (χ1n) is 6.76. The highest BCUT2D eigenvalue weighted by atomic mass is 16.2. The van der Waals surface area contributed by atoms with E-state index in [9.17, 15) is 14.4 Å². The van der Waals surface area contributed by atoms with Crippen LogP contribution in [0.25, 0.3) is 0 Å². The summed E-state index contributed by atoms with van der Waals surface area (Å²) in [5.74, 6) is -0.556. The summed E-state index contributed by atoms with van der Waals surface area (Å²) in [5.41, 5.74) is 0.766. The van der Waals surface area contributed by atoms with Crippen molar-refractivity contribution >= 4 is 17.8 Å². The summed E-state index contributed by atoms with van der Waals surface area (Å²) in [4.78, 5) is 40.0.